The van der Waals surface area contributed by atoms with Crippen molar-refractivity contribution in [2.45, 2.75) is 37.9 Å². The van der Waals surface area contributed by atoms with Gasteiger partial charge in [0.25, 0.3) is 0 Å². The standard InChI is InChI=1S/C15H18N4O2/c16-19-17-8-14(20)15(21)9-5-6-13-11(7-9)10-3-1-2-4-12(10)18-13/h5-7,14-15,18,20-21H,1-4,8H2. The Kier molecular flexibility index (Phi) is 3.84. The van der Waals surface area contributed by atoms with Crippen molar-refractivity contribution in [2.75, 3.05) is 6.54 Å². The number of aliphatic hydroxyl groups excluding tert-OH is 2. The number of aromatic amines is 1. The molecule has 21 heavy (non-hydrogen) atoms. The molecule has 3 N–H and O–H groups in total. The summed E-state index contributed by atoms with van der Waals surface area (Å²) in [6.07, 6.45) is 2.38. The fourth-order valence-corrected chi connectivity index (χ4v) is 3.05. The Bertz CT molecular complexity index is 703. The zero-order chi connectivity index (χ0) is 14.8. The zero-order valence-electron chi connectivity index (χ0n) is 11.7. The van der Waals surface area contributed by atoms with E-state index >= 15 is 0 Å². The first kappa shape index (κ1) is 13.9. The number of hydrogen-bond donors (Lipinski definition) is 3. The average molecular weight is 286 g/mol. The smallest absolute Gasteiger partial charge is 0.105 e. The van der Waals surface area contributed by atoms with Gasteiger partial charge in [-0.05, 0) is 54.5 Å². The van der Waals surface area contributed by atoms with Gasteiger partial charge in [0.1, 0.15) is 6.10 Å². The summed E-state index contributed by atoms with van der Waals surface area (Å²) in [6.45, 7) is -0.138. The Morgan fingerprint density at radius 3 is 2.90 bits per heavy atom. The molecule has 6 nitrogen and oxygen atoms in total. The van der Waals surface area contributed by atoms with Gasteiger partial charge in [-0.1, -0.05) is 11.2 Å². The van der Waals surface area contributed by atoms with E-state index in [9.17, 15) is 10.2 Å². The van der Waals surface area contributed by atoms with Gasteiger partial charge in [0.05, 0.1) is 12.6 Å². The normalized spacial score (nSPS) is 17.0. The Morgan fingerprint density at radius 1 is 1.29 bits per heavy atom. The maximum Gasteiger partial charge on any atom is 0.105 e. The monoisotopic (exact) mass is 286 g/mol. The van der Waals surface area contributed by atoms with E-state index in [1.54, 1.807) is 6.07 Å². The molecule has 0 bridgehead atoms. The summed E-state index contributed by atoms with van der Waals surface area (Å²) in [5.41, 5.74) is 12.6. The third kappa shape index (κ3) is 2.61. The first-order valence-electron chi connectivity index (χ1n) is 7.21. The van der Waals surface area contributed by atoms with Crippen molar-refractivity contribution in [3.63, 3.8) is 0 Å². The second-order valence-electron chi connectivity index (χ2n) is 5.52. The van der Waals surface area contributed by atoms with E-state index in [1.165, 1.54) is 24.1 Å². The van der Waals surface area contributed by atoms with E-state index in [0.717, 1.165) is 23.7 Å². The number of H-pyrrole nitrogens is 1. The molecule has 1 aromatic heterocycles. The maximum absolute atomic E-state index is 10.2. The molecule has 2 atom stereocenters. The van der Waals surface area contributed by atoms with Crippen LogP contribution < -0.4 is 0 Å². The molecule has 110 valence electrons. The second kappa shape index (κ2) is 5.77. The predicted molar refractivity (Wildman–Crippen MR) is 79.9 cm³/mol. The summed E-state index contributed by atoms with van der Waals surface area (Å²) >= 11 is 0. The minimum absolute atomic E-state index is 0.138. The molecule has 3 rings (SSSR count). The van der Waals surface area contributed by atoms with Gasteiger partial charge in [0.15, 0.2) is 0 Å². The van der Waals surface area contributed by atoms with Crippen LogP contribution in [-0.4, -0.2) is 27.8 Å². The Hall–Kier alpha value is -2.01. The van der Waals surface area contributed by atoms with Crippen LogP contribution in [0.15, 0.2) is 23.3 Å². The number of nitrogens with one attached hydrogen (secondary N) is 1. The average Bonchev–Trinajstić information content (AvgIpc) is 2.89. The minimum atomic E-state index is -1.09. The van der Waals surface area contributed by atoms with E-state index < -0.39 is 12.2 Å². The molecule has 0 amide bonds. The van der Waals surface area contributed by atoms with Gasteiger partial charge < -0.3 is 15.2 Å². The number of aryl methyl sites for hydroxylation is 2. The number of aliphatic hydroxyl groups is 2. The van der Waals surface area contributed by atoms with Gasteiger partial charge in [-0.25, -0.2) is 0 Å². The van der Waals surface area contributed by atoms with Crippen molar-refractivity contribution in [3.8, 4) is 0 Å². The molecular formula is C15H18N4O2. The van der Waals surface area contributed by atoms with Crippen molar-refractivity contribution >= 4 is 10.9 Å². The van der Waals surface area contributed by atoms with Gasteiger partial charge in [0, 0.05) is 21.5 Å². The topological polar surface area (TPSA) is 105 Å². The van der Waals surface area contributed by atoms with Crippen LogP contribution in [0.5, 0.6) is 0 Å². The highest BCUT2D eigenvalue weighted by Gasteiger charge is 2.20. The van der Waals surface area contributed by atoms with Crippen molar-refractivity contribution < 1.29 is 10.2 Å². The molecule has 2 unspecified atom stereocenters. The molecule has 6 heteroatoms. The van der Waals surface area contributed by atoms with Crippen LogP contribution in [-0.2, 0) is 12.8 Å². The molecule has 0 aliphatic heterocycles. The highest BCUT2D eigenvalue weighted by Crippen LogP contribution is 2.31. The molecular weight excluding hydrogens is 268 g/mol. The van der Waals surface area contributed by atoms with Crippen molar-refractivity contribution in [1.82, 2.24) is 4.98 Å². The van der Waals surface area contributed by atoms with Gasteiger partial charge >= 0.3 is 0 Å². The number of benzene rings is 1. The van der Waals surface area contributed by atoms with Crippen LogP contribution in [0.4, 0.5) is 0 Å². The summed E-state index contributed by atoms with van der Waals surface area (Å²) in [5.74, 6) is 0. The van der Waals surface area contributed by atoms with Crippen LogP contribution in [0.2, 0.25) is 0 Å². The zero-order valence-corrected chi connectivity index (χ0v) is 11.7. The Labute approximate surface area is 122 Å². The minimum Gasteiger partial charge on any atom is -0.390 e. The van der Waals surface area contributed by atoms with E-state index in [4.69, 9.17) is 5.53 Å². The lowest BCUT2D eigenvalue weighted by molar-refractivity contribution is 0.0245. The fourth-order valence-electron chi connectivity index (χ4n) is 3.05. The quantitative estimate of drug-likeness (QED) is 0.457. The van der Waals surface area contributed by atoms with Crippen molar-refractivity contribution in [3.05, 3.63) is 45.5 Å². The molecule has 1 aliphatic rings. The number of fused-ring (bicyclic) bond motifs is 3. The van der Waals surface area contributed by atoms with Gasteiger partial charge in [0.2, 0.25) is 0 Å². The molecule has 1 aromatic carbocycles. The number of aromatic nitrogens is 1. The summed E-state index contributed by atoms with van der Waals surface area (Å²) in [4.78, 5) is 6.03. The Morgan fingerprint density at radius 2 is 2.10 bits per heavy atom. The van der Waals surface area contributed by atoms with Crippen LogP contribution in [0.3, 0.4) is 0 Å². The van der Waals surface area contributed by atoms with Gasteiger partial charge in [-0.15, -0.1) is 0 Å². The highest BCUT2D eigenvalue weighted by molar-refractivity contribution is 5.85. The number of azide groups is 1. The second-order valence-corrected chi connectivity index (χ2v) is 5.52. The largest absolute Gasteiger partial charge is 0.390 e. The molecule has 0 saturated carbocycles. The fraction of sp³-hybridized carbons (Fsp3) is 0.467. The lowest BCUT2D eigenvalue weighted by atomic mass is 9.94. The summed E-state index contributed by atoms with van der Waals surface area (Å²) < 4.78 is 0. The maximum atomic E-state index is 10.2. The van der Waals surface area contributed by atoms with Crippen LogP contribution in [0.25, 0.3) is 21.3 Å². The van der Waals surface area contributed by atoms with Crippen LogP contribution >= 0.6 is 0 Å². The van der Waals surface area contributed by atoms with E-state index in [2.05, 4.69) is 15.0 Å². The molecule has 0 spiro atoms. The van der Waals surface area contributed by atoms with E-state index in [-0.39, 0.29) is 6.54 Å². The molecule has 1 aliphatic carbocycles. The van der Waals surface area contributed by atoms with Crippen LogP contribution in [0, 0.1) is 0 Å². The molecule has 0 radical (unpaired) electrons. The lowest BCUT2D eigenvalue weighted by Crippen LogP contribution is -2.21. The first-order chi connectivity index (χ1) is 10.2. The van der Waals surface area contributed by atoms with E-state index in [0.29, 0.717) is 5.56 Å². The third-order valence-electron chi connectivity index (χ3n) is 4.16. The van der Waals surface area contributed by atoms with Crippen LogP contribution in [0.1, 0.15) is 35.8 Å². The van der Waals surface area contributed by atoms with Gasteiger partial charge in [-0.3, -0.25) is 0 Å². The summed E-state index contributed by atoms with van der Waals surface area (Å²) in [5, 5.41) is 24.4. The summed E-state index contributed by atoms with van der Waals surface area (Å²) in [6, 6.07) is 5.67. The van der Waals surface area contributed by atoms with Gasteiger partial charge in [-0.2, -0.15) is 0 Å². The molecule has 0 saturated heterocycles. The number of nitrogens with zero attached hydrogens (tertiary/aromatic N) is 3. The molecule has 1 heterocycles. The highest BCUT2D eigenvalue weighted by atomic mass is 16.3. The molecule has 2 aromatic rings. The predicted octanol–water partition coefficient (Wildman–Crippen LogP) is 2.75. The van der Waals surface area contributed by atoms with Crippen molar-refractivity contribution in [2.24, 2.45) is 5.11 Å². The number of rotatable bonds is 4. The SMILES string of the molecule is [N-]=[N+]=NCC(O)C(O)c1ccc2[nH]c3c(c2c1)CCCC3. The van der Waals surface area contributed by atoms with Crippen molar-refractivity contribution in [1.29, 1.82) is 0 Å². The Balaban J connectivity index is 1.94. The number of hydrogen-bond acceptors (Lipinski definition) is 3. The first-order valence-corrected chi connectivity index (χ1v) is 7.21. The summed E-state index contributed by atoms with van der Waals surface area (Å²) in [7, 11) is 0. The van der Waals surface area contributed by atoms with E-state index in [1.807, 2.05) is 12.1 Å². The third-order valence-corrected chi connectivity index (χ3v) is 4.16. The lowest BCUT2D eigenvalue weighted by Gasteiger charge is -2.16. The molecule has 0 fully saturated rings.